The lowest BCUT2D eigenvalue weighted by Crippen LogP contribution is -2.43. The van der Waals surface area contributed by atoms with Crippen LogP contribution in [0.15, 0.2) is 12.2 Å². The van der Waals surface area contributed by atoms with E-state index in [1.165, 1.54) is 4.90 Å². The molecule has 1 saturated heterocycles. The second-order valence-electron chi connectivity index (χ2n) is 7.22. The van der Waals surface area contributed by atoms with Crippen molar-refractivity contribution in [2.45, 2.75) is 52.5 Å². The first-order valence-corrected chi connectivity index (χ1v) is 7.44. The molecule has 3 atom stereocenters. The third-order valence-corrected chi connectivity index (χ3v) is 4.17. The summed E-state index contributed by atoms with van der Waals surface area (Å²) in [4.78, 5) is 37.4. The van der Waals surface area contributed by atoms with Crippen molar-refractivity contribution in [1.82, 2.24) is 4.90 Å². The van der Waals surface area contributed by atoms with E-state index in [2.05, 4.69) is 0 Å². The molecule has 116 valence electrons. The monoisotopic (exact) mass is 293 g/mol. The zero-order valence-corrected chi connectivity index (χ0v) is 12.8. The largest absolute Gasteiger partial charge is 0.481 e. The fraction of sp³-hybridized carbons (Fsp3) is 0.688. The van der Waals surface area contributed by atoms with Gasteiger partial charge < -0.3 is 5.11 Å². The number of aliphatic carboxylic acids is 1. The number of carbonyl (C=O) groups is 3. The van der Waals surface area contributed by atoms with Gasteiger partial charge in [0.15, 0.2) is 0 Å². The van der Waals surface area contributed by atoms with Crippen LogP contribution in [0.25, 0.3) is 0 Å². The Kier molecular flexibility index (Phi) is 4.21. The van der Waals surface area contributed by atoms with Crippen molar-refractivity contribution in [2.24, 2.45) is 17.3 Å². The zero-order valence-electron chi connectivity index (χ0n) is 12.8. The minimum Gasteiger partial charge on any atom is -0.481 e. The van der Waals surface area contributed by atoms with Crippen molar-refractivity contribution in [1.29, 1.82) is 0 Å². The summed E-state index contributed by atoms with van der Waals surface area (Å²) < 4.78 is 0. The molecule has 3 unspecified atom stereocenters. The molecule has 0 aromatic rings. The first kappa shape index (κ1) is 15.7. The van der Waals surface area contributed by atoms with Crippen LogP contribution in [-0.4, -0.2) is 33.8 Å². The third kappa shape index (κ3) is 3.34. The molecule has 0 aromatic heterocycles. The number of carbonyl (C=O) groups excluding carboxylic acids is 2. The molecule has 2 aliphatic rings. The summed E-state index contributed by atoms with van der Waals surface area (Å²) in [6.45, 7) is 5.96. The maximum absolute atomic E-state index is 12.5. The second kappa shape index (κ2) is 5.62. The van der Waals surface area contributed by atoms with Gasteiger partial charge in [0.1, 0.15) is 0 Å². The smallest absolute Gasteiger partial charge is 0.305 e. The van der Waals surface area contributed by atoms with Gasteiger partial charge in [-0.2, -0.15) is 0 Å². The van der Waals surface area contributed by atoms with Crippen LogP contribution in [0.3, 0.4) is 0 Å². The summed E-state index contributed by atoms with van der Waals surface area (Å²) >= 11 is 0. The molecule has 0 aromatic carbocycles. The van der Waals surface area contributed by atoms with E-state index < -0.39 is 12.0 Å². The highest BCUT2D eigenvalue weighted by Gasteiger charge is 2.50. The summed E-state index contributed by atoms with van der Waals surface area (Å²) in [6, 6.07) is -0.548. The number of likely N-dealkylation sites (tertiary alicyclic amines) is 1. The molecular formula is C16H23NO4. The molecule has 2 amide bonds. The van der Waals surface area contributed by atoms with Crippen molar-refractivity contribution in [3.05, 3.63) is 12.2 Å². The lowest BCUT2D eigenvalue weighted by molar-refractivity contribution is -0.146. The van der Waals surface area contributed by atoms with E-state index >= 15 is 0 Å². The number of hydrogen-bond donors (Lipinski definition) is 1. The van der Waals surface area contributed by atoms with Gasteiger partial charge in [0, 0.05) is 0 Å². The lowest BCUT2D eigenvalue weighted by Gasteiger charge is -2.31. The molecule has 5 nitrogen and oxygen atoms in total. The normalized spacial score (nSPS) is 26.9. The maximum Gasteiger partial charge on any atom is 0.305 e. The van der Waals surface area contributed by atoms with Gasteiger partial charge in [-0.25, -0.2) is 0 Å². The lowest BCUT2D eigenvalue weighted by atomic mass is 9.85. The Bertz CT molecular complexity index is 463. The van der Waals surface area contributed by atoms with E-state index in [1.807, 2.05) is 32.9 Å². The Morgan fingerprint density at radius 3 is 2.10 bits per heavy atom. The van der Waals surface area contributed by atoms with Gasteiger partial charge in [0.25, 0.3) is 0 Å². The molecule has 1 aliphatic carbocycles. The fourth-order valence-corrected chi connectivity index (χ4v) is 3.35. The molecule has 0 spiro atoms. The minimum atomic E-state index is -0.974. The van der Waals surface area contributed by atoms with Crippen molar-refractivity contribution in [3.63, 3.8) is 0 Å². The van der Waals surface area contributed by atoms with Crippen molar-refractivity contribution in [2.75, 3.05) is 0 Å². The first-order chi connectivity index (χ1) is 9.70. The van der Waals surface area contributed by atoms with Gasteiger partial charge in [0.2, 0.25) is 11.8 Å². The van der Waals surface area contributed by atoms with Crippen LogP contribution in [0, 0.1) is 17.3 Å². The summed E-state index contributed by atoms with van der Waals surface area (Å²) in [7, 11) is 0. The van der Waals surface area contributed by atoms with E-state index in [4.69, 9.17) is 5.11 Å². The highest BCUT2D eigenvalue weighted by Crippen LogP contribution is 2.38. The summed E-state index contributed by atoms with van der Waals surface area (Å²) in [5.74, 6) is -1.94. The molecule has 1 heterocycles. The predicted molar refractivity (Wildman–Crippen MR) is 77.3 cm³/mol. The Labute approximate surface area is 125 Å². The van der Waals surface area contributed by atoms with Gasteiger partial charge in [-0.3, -0.25) is 19.3 Å². The van der Waals surface area contributed by atoms with Crippen LogP contribution in [-0.2, 0) is 14.4 Å². The Morgan fingerprint density at radius 1 is 1.24 bits per heavy atom. The van der Waals surface area contributed by atoms with Crippen molar-refractivity contribution >= 4 is 17.8 Å². The van der Waals surface area contributed by atoms with E-state index in [1.54, 1.807) is 0 Å². The number of imide groups is 1. The fourth-order valence-electron chi connectivity index (χ4n) is 3.35. The third-order valence-electron chi connectivity index (χ3n) is 4.17. The van der Waals surface area contributed by atoms with E-state index in [0.29, 0.717) is 19.3 Å². The van der Waals surface area contributed by atoms with Crippen LogP contribution in [0.4, 0.5) is 0 Å². The minimum absolute atomic E-state index is 0.146. The Morgan fingerprint density at radius 2 is 1.71 bits per heavy atom. The summed E-state index contributed by atoms with van der Waals surface area (Å²) in [5.41, 5.74) is -0.146. The Balaban J connectivity index is 2.25. The zero-order chi connectivity index (χ0) is 15.8. The van der Waals surface area contributed by atoms with E-state index in [-0.39, 0.29) is 35.5 Å². The molecular weight excluding hydrogens is 270 g/mol. The van der Waals surface area contributed by atoms with Gasteiger partial charge in [0.05, 0.1) is 24.3 Å². The molecule has 0 radical (unpaired) electrons. The topological polar surface area (TPSA) is 74.7 Å². The van der Waals surface area contributed by atoms with Crippen LogP contribution in [0.1, 0.15) is 46.5 Å². The van der Waals surface area contributed by atoms with Gasteiger partial charge in [-0.1, -0.05) is 32.9 Å². The number of carboxylic acid groups (broad SMARTS) is 1. The molecule has 0 bridgehead atoms. The number of allylic oxidation sites excluding steroid dienone is 2. The Hall–Kier alpha value is -1.65. The van der Waals surface area contributed by atoms with Crippen LogP contribution < -0.4 is 0 Å². The standard InChI is InChI=1S/C16H23NO4/c1-16(2,3)9-10(8-13(18)19)17-14(20)11-6-4-5-7-12(11)15(17)21/h4-5,10-12H,6-9H2,1-3H3,(H,18,19). The number of carboxylic acids is 1. The first-order valence-electron chi connectivity index (χ1n) is 7.44. The number of fused-ring (bicyclic) bond motifs is 1. The van der Waals surface area contributed by atoms with Crippen molar-refractivity contribution < 1.29 is 19.5 Å². The average molecular weight is 293 g/mol. The highest BCUT2D eigenvalue weighted by molar-refractivity contribution is 6.06. The molecule has 1 N–H and O–H groups in total. The second-order valence-corrected chi connectivity index (χ2v) is 7.22. The van der Waals surface area contributed by atoms with E-state index in [9.17, 15) is 14.4 Å². The van der Waals surface area contributed by atoms with Crippen molar-refractivity contribution in [3.8, 4) is 0 Å². The molecule has 2 rings (SSSR count). The molecule has 0 saturated carbocycles. The van der Waals surface area contributed by atoms with Gasteiger partial charge in [-0.05, 0) is 24.7 Å². The SMILES string of the molecule is CC(C)(C)CC(CC(=O)O)N1C(=O)C2CC=CCC2C1=O. The quantitative estimate of drug-likeness (QED) is 0.637. The van der Waals surface area contributed by atoms with Gasteiger partial charge >= 0.3 is 5.97 Å². The molecule has 1 aliphatic heterocycles. The van der Waals surface area contributed by atoms with E-state index in [0.717, 1.165) is 0 Å². The summed E-state index contributed by atoms with van der Waals surface area (Å²) in [6.07, 6.45) is 5.37. The molecule has 1 fully saturated rings. The highest BCUT2D eigenvalue weighted by atomic mass is 16.4. The van der Waals surface area contributed by atoms with Gasteiger partial charge in [-0.15, -0.1) is 0 Å². The average Bonchev–Trinajstić information content (AvgIpc) is 2.59. The summed E-state index contributed by atoms with van der Waals surface area (Å²) in [5, 5.41) is 9.11. The molecule has 21 heavy (non-hydrogen) atoms. The van der Waals surface area contributed by atoms with Crippen LogP contribution >= 0.6 is 0 Å². The number of hydrogen-bond acceptors (Lipinski definition) is 3. The van der Waals surface area contributed by atoms with Crippen LogP contribution in [0.5, 0.6) is 0 Å². The number of nitrogens with zero attached hydrogens (tertiary/aromatic N) is 1. The predicted octanol–water partition coefficient (Wildman–Crippen LogP) is 2.22. The maximum atomic E-state index is 12.5. The number of rotatable bonds is 4. The molecule has 5 heteroatoms. The van der Waals surface area contributed by atoms with Crippen LogP contribution in [0.2, 0.25) is 0 Å². The number of amides is 2.